The Hall–Kier alpha value is -1.52. The zero-order valence-corrected chi connectivity index (χ0v) is 11.5. The molecule has 0 spiro atoms. The molecule has 0 aromatic heterocycles. The number of nitrogens with zero attached hydrogens (tertiary/aromatic N) is 1. The molecule has 0 bridgehead atoms. The van der Waals surface area contributed by atoms with Gasteiger partial charge in [-0.1, -0.05) is 26.2 Å². The van der Waals surface area contributed by atoms with Crippen LogP contribution >= 0.6 is 0 Å². The molecule has 2 saturated heterocycles. The molecule has 0 aliphatic carbocycles. The zero-order chi connectivity index (χ0) is 13.7. The molecule has 2 aliphatic heterocycles. The molecular weight excluding hydrogens is 244 g/mol. The van der Waals surface area contributed by atoms with Crippen molar-refractivity contribution in [2.75, 3.05) is 13.1 Å². The third-order valence-electron chi connectivity index (χ3n) is 3.62. The van der Waals surface area contributed by atoms with Crippen molar-refractivity contribution < 1.29 is 14.3 Å². The lowest BCUT2D eigenvalue weighted by Gasteiger charge is -2.09. The minimum atomic E-state index is -0.315. The van der Waals surface area contributed by atoms with Crippen LogP contribution < -0.4 is 5.32 Å². The number of cyclic esters (lactones) is 1. The fraction of sp³-hybridized carbons (Fsp3) is 0.714. The van der Waals surface area contributed by atoms with E-state index in [2.05, 4.69) is 12.2 Å². The normalized spacial score (nSPS) is 23.6. The number of carbonyl (C=O) groups excluding carboxylic acids is 2. The second-order valence-electron chi connectivity index (χ2n) is 5.12. The summed E-state index contributed by atoms with van der Waals surface area (Å²) in [7, 11) is 0. The smallest absolute Gasteiger partial charge is 0.412 e. The first-order valence-corrected chi connectivity index (χ1v) is 7.20. The Labute approximate surface area is 114 Å². The molecule has 2 aliphatic rings. The molecule has 5 nitrogen and oxygen atoms in total. The summed E-state index contributed by atoms with van der Waals surface area (Å²) >= 11 is 0. The van der Waals surface area contributed by atoms with Crippen LogP contribution in [0.4, 0.5) is 4.79 Å². The van der Waals surface area contributed by atoms with Crippen molar-refractivity contribution in [2.24, 2.45) is 0 Å². The Bertz CT molecular complexity index is 379. The summed E-state index contributed by atoms with van der Waals surface area (Å²) in [5, 5.41) is 2.84. The van der Waals surface area contributed by atoms with Gasteiger partial charge >= 0.3 is 6.09 Å². The lowest BCUT2D eigenvalue weighted by Crippen LogP contribution is -2.27. The van der Waals surface area contributed by atoms with Crippen molar-refractivity contribution in [2.45, 2.75) is 51.5 Å². The van der Waals surface area contributed by atoms with Crippen LogP contribution in [0.2, 0.25) is 0 Å². The second kappa shape index (κ2) is 6.59. The van der Waals surface area contributed by atoms with Crippen molar-refractivity contribution in [1.82, 2.24) is 10.2 Å². The van der Waals surface area contributed by atoms with Crippen molar-refractivity contribution in [3.05, 3.63) is 11.8 Å². The second-order valence-corrected chi connectivity index (χ2v) is 5.12. The molecule has 0 saturated carbocycles. The predicted molar refractivity (Wildman–Crippen MR) is 71.4 cm³/mol. The monoisotopic (exact) mass is 266 g/mol. The minimum Gasteiger partial charge on any atom is -0.412 e. The van der Waals surface area contributed by atoms with Gasteiger partial charge in [-0.2, -0.15) is 0 Å². The Kier molecular flexibility index (Phi) is 4.82. The van der Waals surface area contributed by atoms with E-state index in [1.165, 1.54) is 18.9 Å². The average molecular weight is 266 g/mol. The summed E-state index contributed by atoms with van der Waals surface area (Å²) in [5.74, 6) is 0.349. The molecule has 106 valence electrons. The Morgan fingerprint density at radius 2 is 2.32 bits per heavy atom. The van der Waals surface area contributed by atoms with Gasteiger partial charge in [0.25, 0.3) is 0 Å². The highest BCUT2D eigenvalue weighted by Crippen LogP contribution is 2.31. The van der Waals surface area contributed by atoms with E-state index >= 15 is 0 Å². The molecule has 5 heteroatoms. The lowest BCUT2D eigenvalue weighted by atomic mass is 10.2. The van der Waals surface area contributed by atoms with Crippen LogP contribution in [-0.2, 0) is 9.53 Å². The fourth-order valence-electron chi connectivity index (χ4n) is 2.58. The van der Waals surface area contributed by atoms with Crippen LogP contribution in [0, 0.1) is 0 Å². The minimum absolute atomic E-state index is 0.0154. The highest BCUT2D eigenvalue weighted by Gasteiger charge is 2.41. The summed E-state index contributed by atoms with van der Waals surface area (Å²) in [4.78, 5) is 24.9. The quantitative estimate of drug-likeness (QED) is 0.592. The molecular formula is C14H22N2O3. The van der Waals surface area contributed by atoms with E-state index in [9.17, 15) is 9.59 Å². The van der Waals surface area contributed by atoms with Gasteiger partial charge in [-0.15, -0.1) is 0 Å². The fourth-order valence-corrected chi connectivity index (χ4v) is 2.58. The third kappa shape index (κ3) is 3.49. The van der Waals surface area contributed by atoms with Gasteiger partial charge in [0.15, 0.2) is 0 Å². The maximum absolute atomic E-state index is 11.7. The molecule has 2 heterocycles. The molecule has 0 unspecified atom stereocenters. The summed E-state index contributed by atoms with van der Waals surface area (Å²) in [6.45, 7) is 3.58. The number of amides is 2. The Morgan fingerprint density at radius 3 is 3.11 bits per heavy atom. The van der Waals surface area contributed by atoms with Crippen molar-refractivity contribution in [3.63, 3.8) is 0 Å². The van der Waals surface area contributed by atoms with E-state index < -0.39 is 0 Å². The van der Waals surface area contributed by atoms with Crippen molar-refractivity contribution >= 4 is 12.0 Å². The number of hydrogen-bond donors (Lipinski definition) is 1. The van der Waals surface area contributed by atoms with Gasteiger partial charge in [-0.25, -0.2) is 4.79 Å². The third-order valence-corrected chi connectivity index (χ3v) is 3.62. The summed E-state index contributed by atoms with van der Waals surface area (Å²) < 4.78 is 5.13. The first kappa shape index (κ1) is 13.9. The van der Waals surface area contributed by atoms with Crippen LogP contribution in [0.3, 0.4) is 0 Å². The number of carbonyl (C=O) groups is 2. The first-order valence-electron chi connectivity index (χ1n) is 7.20. The number of hydrogen-bond acceptors (Lipinski definition) is 3. The standard InChI is InChI=1S/C14H22N2O3/c1-2-3-4-5-8-15-13(17)10-12-11-7-6-9-16(11)14(18)19-12/h10-11H,2-9H2,1H3,(H,15,17)/b12-10-/t11-/m0/s1. The van der Waals surface area contributed by atoms with Gasteiger partial charge in [0.1, 0.15) is 5.76 Å². The van der Waals surface area contributed by atoms with Gasteiger partial charge in [-0.05, 0) is 19.3 Å². The predicted octanol–water partition coefficient (Wildman–Crippen LogP) is 2.18. The molecule has 0 aromatic carbocycles. The van der Waals surface area contributed by atoms with E-state index in [1.807, 2.05) is 0 Å². The van der Waals surface area contributed by atoms with Crippen molar-refractivity contribution in [1.29, 1.82) is 0 Å². The van der Waals surface area contributed by atoms with Crippen LogP contribution in [0.1, 0.15) is 45.4 Å². The maximum Gasteiger partial charge on any atom is 0.415 e. The molecule has 0 radical (unpaired) electrons. The summed E-state index contributed by atoms with van der Waals surface area (Å²) in [6, 6.07) is -0.0154. The zero-order valence-electron chi connectivity index (χ0n) is 11.5. The van der Waals surface area contributed by atoms with Crippen LogP contribution in [-0.4, -0.2) is 36.0 Å². The maximum atomic E-state index is 11.7. The number of fused-ring (bicyclic) bond motifs is 1. The molecule has 0 aromatic rings. The first-order chi connectivity index (χ1) is 9.22. The summed E-state index contributed by atoms with van der Waals surface area (Å²) in [6.07, 6.45) is 7.52. The highest BCUT2D eigenvalue weighted by atomic mass is 16.6. The van der Waals surface area contributed by atoms with E-state index in [1.54, 1.807) is 4.90 Å². The van der Waals surface area contributed by atoms with E-state index in [-0.39, 0.29) is 18.0 Å². The van der Waals surface area contributed by atoms with E-state index in [0.717, 1.165) is 32.2 Å². The number of unbranched alkanes of at least 4 members (excludes halogenated alkanes) is 3. The summed E-state index contributed by atoms with van der Waals surface area (Å²) in [5.41, 5.74) is 0. The molecule has 2 amide bonds. The lowest BCUT2D eigenvalue weighted by molar-refractivity contribution is -0.116. The van der Waals surface area contributed by atoms with Gasteiger partial charge in [-0.3, -0.25) is 9.69 Å². The number of rotatable bonds is 6. The van der Waals surface area contributed by atoms with Gasteiger partial charge in [0, 0.05) is 19.2 Å². The largest absolute Gasteiger partial charge is 0.415 e. The number of nitrogens with one attached hydrogen (secondary N) is 1. The van der Waals surface area contributed by atoms with E-state index in [0.29, 0.717) is 12.3 Å². The van der Waals surface area contributed by atoms with Gasteiger partial charge < -0.3 is 10.1 Å². The molecule has 1 atom stereocenters. The Morgan fingerprint density at radius 1 is 1.47 bits per heavy atom. The topological polar surface area (TPSA) is 58.6 Å². The van der Waals surface area contributed by atoms with Crippen molar-refractivity contribution in [3.8, 4) is 0 Å². The van der Waals surface area contributed by atoms with Gasteiger partial charge in [0.2, 0.25) is 5.91 Å². The van der Waals surface area contributed by atoms with Gasteiger partial charge in [0.05, 0.1) is 6.04 Å². The van der Waals surface area contributed by atoms with Crippen LogP contribution in [0.15, 0.2) is 11.8 Å². The van der Waals surface area contributed by atoms with E-state index in [4.69, 9.17) is 4.74 Å². The van der Waals surface area contributed by atoms with Crippen LogP contribution in [0.5, 0.6) is 0 Å². The molecule has 1 N–H and O–H groups in total. The average Bonchev–Trinajstić information content (AvgIpc) is 2.95. The SMILES string of the molecule is CCCCCCNC(=O)/C=C1\OC(=O)N2CCC[C@@H]12. The molecule has 19 heavy (non-hydrogen) atoms. The van der Waals surface area contributed by atoms with Crippen LogP contribution in [0.25, 0.3) is 0 Å². The number of ether oxygens (including phenoxy) is 1. The molecule has 2 fully saturated rings. The highest BCUT2D eigenvalue weighted by molar-refractivity contribution is 5.89. The Balaban J connectivity index is 1.77. The molecule has 2 rings (SSSR count).